The predicted molar refractivity (Wildman–Crippen MR) is 54.8 cm³/mol. The lowest BCUT2D eigenvalue weighted by Gasteiger charge is -2.45. The highest BCUT2D eigenvalue weighted by atomic mass is 16.3. The molecule has 2 N–H and O–H groups in total. The second-order valence-electron chi connectivity index (χ2n) is 4.93. The van der Waals surface area contributed by atoms with Crippen LogP contribution in [0.15, 0.2) is 0 Å². The van der Waals surface area contributed by atoms with Crippen molar-refractivity contribution in [2.45, 2.75) is 45.3 Å². The SMILES string of the molecule is CC(C)N1C[C@@H](CO)NC(C)(C)C1. The van der Waals surface area contributed by atoms with Gasteiger partial charge in [-0.1, -0.05) is 0 Å². The molecule has 1 saturated heterocycles. The summed E-state index contributed by atoms with van der Waals surface area (Å²) in [6, 6.07) is 0.793. The minimum atomic E-state index is 0.121. The van der Waals surface area contributed by atoms with Gasteiger partial charge in [-0.3, -0.25) is 4.90 Å². The molecule has 1 atom stereocenters. The monoisotopic (exact) mass is 186 g/mol. The Morgan fingerprint density at radius 1 is 1.54 bits per heavy atom. The van der Waals surface area contributed by atoms with E-state index in [2.05, 4.69) is 37.9 Å². The lowest BCUT2D eigenvalue weighted by atomic mass is 9.98. The Hall–Kier alpha value is -0.120. The average Bonchev–Trinajstić information content (AvgIpc) is 2.01. The van der Waals surface area contributed by atoms with E-state index in [4.69, 9.17) is 5.11 Å². The summed E-state index contributed by atoms with van der Waals surface area (Å²) in [4.78, 5) is 2.41. The maximum atomic E-state index is 9.13. The van der Waals surface area contributed by atoms with Gasteiger partial charge in [-0.15, -0.1) is 0 Å². The number of nitrogens with one attached hydrogen (secondary N) is 1. The van der Waals surface area contributed by atoms with Gasteiger partial charge in [-0.2, -0.15) is 0 Å². The molecule has 0 amide bonds. The van der Waals surface area contributed by atoms with E-state index >= 15 is 0 Å². The van der Waals surface area contributed by atoms with Gasteiger partial charge in [0, 0.05) is 30.7 Å². The molecule has 78 valence electrons. The molecule has 13 heavy (non-hydrogen) atoms. The van der Waals surface area contributed by atoms with Crippen LogP contribution in [-0.2, 0) is 0 Å². The average molecular weight is 186 g/mol. The van der Waals surface area contributed by atoms with Crippen LogP contribution in [0.4, 0.5) is 0 Å². The molecule has 1 heterocycles. The van der Waals surface area contributed by atoms with Gasteiger partial charge in [0.25, 0.3) is 0 Å². The zero-order valence-corrected chi connectivity index (χ0v) is 9.17. The zero-order chi connectivity index (χ0) is 10.1. The summed E-state index contributed by atoms with van der Waals surface area (Å²) >= 11 is 0. The van der Waals surface area contributed by atoms with Gasteiger partial charge < -0.3 is 10.4 Å². The maximum Gasteiger partial charge on any atom is 0.0597 e. The number of piperazine rings is 1. The van der Waals surface area contributed by atoms with E-state index < -0.39 is 0 Å². The van der Waals surface area contributed by atoms with Crippen LogP contribution >= 0.6 is 0 Å². The zero-order valence-electron chi connectivity index (χ0n) is 9.17. The van der Waals surface area contributed by atoms with Crippen LogP contribution in [0.1, 0.15) is 27.7 Å². The topological polar surface area (TPSA) is 35.5 Å². The Morgan fingerprint density at radius 3 is 2.62 bits per heavy atom. The van der Waals surface area contributed by atoms with Crippen molar-refractivity contribution in [2.24, 2.45) is 0 Å². The van der Waals surface area contributed by atoms with Gasteiger partial charge in [0.05, 0.1) is 6.61 Å². The van der Waals surface area contributed by atoms with Crippen LogP contribution in [0.2, 0.25) is 0 Å². The first-order valence-electron chi connectivity index (χ1n) is 5.07. The van der Waals surface area contributed by atoms with E-state index in [9.17, 15) is 0 Å². The van der Waals surface area contributed by atoms with Crippen molar-refractivity contribution in [3.8, 4) is 0 Å². The Labute approximate surface area is 81.1 Å². The highest BCUT2D eigenvalue weighted by Gasteiger charge is 2.32. The number of nitrogens with zero attached hydrogens (tertiary/aromatic N) is 1. The Morgan fingerprint density at radius 2 is 2.15 bits per heavy atom. The highest BCUT2D eigenvalue weighted by Crippen LogP contribution is 2.15. The standard InChI is InChI=1S/C10H22N2O/c1-8(2)12-5-9(6-13)11-10(3,4)7-12/h8-9,11,13H,5-7H2,1-4H3/t9-/m0/s1. The summed E-state index contributed by atoms with van der Waals surface area (Å²) in [5.41, 5.74) is 0.121. The van der Waals surface area contributed by atoms with Crippen molar-refractivity contribution in [3.63, 3.8) is 0 Å². The fourth-order valence-corrected chi connectivity index (χ4v) is 2.00. The molecule has 3 nitrogen and oxygen atoms in total. The molecule has 1 aliphatic heterocycles. The van der Waals surface area contributed by atoms with E-state index in [1.54, 1.807) is 0 Å². The fourth-order valence-electron chi connectivity index (χ4n) is 2.00. The first-order valence-corrected chi connectivity index (χ1v) is 5.07. The van der Waals surface area contributed by atoms with E-state index in [1.807, 2.05) is 0 Å². The third-order valence-electron chi connectivity index (χ3n) is 2.60. The largest absolute Gasteiger partial charge is 0.395 e. The second-order valence-corrected chi connectivity index (χ2v) is 4.93. The molecule has 0 aromatic heterocycles. The number of hydrogen-bond donors (Lipinski definition) is 2. The predicted octanol–water partition coefficient (Wildman–Crippen LogP) is 0.439. The van der Waals surface area contributed by atoms with Crippen molar-refractivity contribution in [2.75, 3.05) is 19.7 Å². The van der Waals surface area contributed by atoms with Crippen LogP contribution in [0.5, 0.6) is 0 Å². The van der Waals surface area contributed by atoms with Crippen molar-refractivity contribution < 1.29 is 5.11 Å². The van der Waals surface area contributed by atoms with Gasteiger partial charge in [0.15, 0.2) is 0 Å². The summed E-state index contributed by atoms with van der Waals surface area (Å²) in [5.74, 6) is 0. The normalized spacial score (nSPS) is 29.5. The summed E-state index contributed by atoms with van der Waals surface area (Å²) < 4.78 is 0. The van der Waals surface area contributed by atoms with Crippen molar-refractivity contribution in [1.82, 2.24) is 10.2 Å². The Kier molecular flexibility index (Phi) is 3.33. The van der Waals surface area contributed by atoms with E-state index in [1.165, 1.54) is 0 Å². The maximum absolute atomic E-state index is 9.13. The lowest BCUT2D eigenvalue weighted by molar-refractivity contribution is 0.0666. The van der Waals surface area contributed by atoms with Crippen LogP contribution in [0, 0.1) is 0 Å². The first-order chi connectivity index (χ1) is 5.94. The Bertz CT molecular complexity index is 168. The number of hydrogen-bond acceptors (Lipinski definition) is 3. The molecule has 0 unspecified atom stereocenters. The molecule has 0 radical (unpaired) electrons. The molecule has 1 aliphatic rings. The quantitative estimate of drug-likeness (QED) is 0.657. The van der Waals surface area contributed by atoms with Gasteiger partial charge in [-0.05, 0) is 27.7 Å². The molecular weight excluding hydrogens is 164 g/mol. The van der Waals surface area contributed by atoms with Gasteiger partial charge in [0.1, 0.15) is 0 Å². The number of aliphatic hydroxyl groups is 1. The first kappa shape index (κ1) is 11.0. The van der Waals surface area contributed by atoms with E-state index in [0.29, 0.717) is 6.04 Å². The third kappa shape index (κ3) is 2.93. The summed E-state index contributed by atoms with van der Waals surface area (Å²) in [7, 11) is 0. The molecule has 0 aromatic carbocycles. The van der Waals surface area contributed by atoms with Crippen LogP contribution in [0.3, 0.4) is 0 Å². The summed E-state index contributed by atoms with van der Waals surface area (Å²) in [6.45, 7) is 11.0. The second kappa shape index (κ2) is 3.95. The number of aliphatic hydroxyl groups excluding tert-OH is 1. The fraction of sp³-hybridized carbons (Fsp3) is 1.00. The van der Waals surface area contributed by atoms with E-state index in [0.717, 1.165) is 13.1 Å². The lowest BCUT2D eigenvalue weighted by Crippen LogP contribution is -2.64. The molecule has 0 spiro atoms. The smallest absolute Gasteiger partial charge is 0.0597 e. The van der Waals surface area contributed by atoms with Crippen molar-refractivity contribution in [1.29, 1.82) is 0 Å². The minimum absolute atomic E-state index is 0.121. The molecule has 0 saturated carbocycles. The molecular formula is C10H22N2O. The third-order valence-corrected chi connectivity index (χ3v) is 2.60. The molecule has 1 fully saturated rings. The van der Waals surface area contributed by atoms with Gasteiger partial charge in [-0.25, -0.2) is 0 Å². The molecule has 0 aliphatic carbocycles. The molecule has 0 aromatic rings. The van der Waals surface area contributed by atoms with Gasteiger partial charge >= 0.3 is 0 Å². The minimum Gasteiger partial charge on any atom is -0.395 e. The van der Waals surface area contributed by atoms with Crippen molar-refractivity contribution in [3.05, 3.63) is 0 Å². The van der Waals surface area contributed by atoms with Gasteiger partial charge in [0.2, 0.25) is 0 Å². The highest BCUT2D eigenvalue weighted by molar-refractivity contribution is 4.93. The molecule has 1 rings (SSSR count). The Balaban J connectivity index is 2.60. The van der Waals surface area contributed by atoms with Crippen molar-refractivity contribution >= 4 is 0 Å². The number of rotatable bonds is 2. The van der Waals surface area contributed by atoms with Crippen LogP contribution in [-0.4, -0.2) is 47.3 Å². The van der Waals surface area contributed by atoms with Crippen LogP contribution < -0.4 is 5.32 Å². The van der Waals surface area contributed by atoms with Crippen LogP contribution in [0.25, 0.3) is 0 Å². The summed E-state index contributed by atoms with van der Waals surface area (Å²) in [6.07, 6.45) is 0. The molecule has 3 heteroatoms. The summed E-state index contributed by atoms with van der Waals surface area (Å²) in [5, 5.41) is 12.6. The molecule has 0 bridgehead atoms. The van der Waals surface area contributed by atoms with E-state index in [-0.39, 0.29) is 18.2 Å².